The van der Waals surface area contributed by atoms with Crippen LogP contribution in [-0.4, -0.2) is 13.1 Å². The summed E-state index contributed by atoms with van der Waals surface area (Å²) in [4.78, 5) is 0. The molecule has 0 bridgehead atoms. The van der Waals surface area contributed by atoms with Gasteiger partial charge >= 0.3 is 0 Å². The van der Waals surface area contributed by atoms with Crippen LogP contribution in [-0.2, 0) is 0 Å². The van der Waals surface area contributed by atoms with Crippen LogP contribution in [0.15, 0.2) is 10.8 Å². The van der Waals surface area contributed by atoms with Gasteiger partial charge in [-0.15, -0.1) is 11.3 Å². The second-order valence-electron chi connectivity index (χ2n) is 2.05. The van der Waals surface area contributed by atoms with Crippen molar-refractivity contribution in [2.24, 2.45) is 0 Å². The zero-order chi connectivity index (χ0) is 6.10. The van der Waals surface area contributed by atoms with Crippen molar-refractivity contribution >= 4 is 22.7 Å². The van der Waals surface area contributed by atoms with Gasteiger partial charge in [0.1, 0.15) is 0 Å². The molecule has 0 spiro atoms. The van der Waals surface area contributed by atoms with Crippen LogP contribution >= 0.6 is 11.3 Å². The van der Waals surface area contributed by atoms with Gasteiger partial charge in [-0.1, -0.05) is 0 Å². The highest BCUT2D eigenvalue weighted by Gasteiger charge is 2.05. The van der Waals surface area contributed by atoms with Gasteiger partial charge in [0.05, 0.1) is 11.4 Å². The fourth-order valence-corrected chi connectivity index (χ4v) is 1.73. The molecular weight excluding hydrogens is 132 g/mol. The number of fused-ring (bicyclic) bond motifs is 1. The molecule has 0 aliphatic carbocycles. The molecule has 0 unspecified atom stereocenters. The fraction of sp³-hybridized carbons (Fsp3) is 0.333. The summed E-state index contributed by atoms with van der Waals surface area (Å²) >= 11 is 1.73. The average Bonchev–Trinajstić information content (AvgIpc) is 2.33. The van der Waals surface area contributed by atoms with Crippen molar-refractivity contribution in [2.45, 2.75) is 0 Å². The van der Waals surface area contributed by atoms with Crippen molar-refractivity contribution in [2.75, 3.05) is 23.7 Å². The van der Waals surface area contributed by atoms with Crippen LogP contribution in [0.5, 0.6) is 0 Å². The Bertz CT molecular complexity index is 186. The van der Waals surface area contributed by atoms with Gasteiger partial charge in [0.15, 0.2) is 0 Å². The molecule has 0 radical (unpaired) electrons. The van der Waals surface area contributed by atoms with E-state index in [1.54, 1.807) is 11.3 Å². The average molecular weight is 140 g/mol. The summed E-state index contributed by atoms with van der Waals surface area (Å²) in [5.74, 6) is 0. The fourth-order valence-electron chi connectivity index (χ4n) is 0.965. The molecule has 0 fully saturated rings. The van der Waals surface area contributed by atoms with Crippen molar-refractivity contribution in [3.8, 4) is 0 Å². The number of thiophene rings is 1. The molecular formula is C6H8N2S. The van der Waals surface area contributed by atoms with Crippen molar-refractivity contribution in [1.82, 2.24) is 0 Å². The Morgan fingerprint density at radius 1 is 1.11 bits per heavy atom. The first-order valence-electron chi connectivity index (χ1n) is 3.01. The van der Waals surface area contributed by atoms with Gasteiger partial charge in [-0.3, -0.25) is 0 Å². The molecule has 0 atom stereocenters. The van der Waals surface area contributed by atoms with E-state index >= 15 is 0 Å². The zero-order valence-corrected chi connectivity index (χ0v) is 5.79. The number of hydrogen-bond acceptors (Lipinski definition) is 3. The number of anilines is 2. The summed E-state index contributed by atoms with van der Waals surface area (Å²) in [6.07, 6.45) is 0. The molecule has 3 heteroatoms. The summed E-state index contributed by atoms with van der Waals surface area (Å²) in [5, 5.41) is 10.8. The second kappa shape index (κ2) is 1.92. The Kier molecular flexibility index (Phi) is 1.09. The first kappa shape index (κ1) is 5.11. The van der Waals surface area contributed by atoms with E-state index in [9.17, 15) is 0 Å². The summed E-state index contributed by atoms with van der Waals surface area (Å²) in [6, 6.07) is 0. The molecule has 0 aromatic carbocycles. The van der Waals surface area contributed by atoms with E-state index in [2.05, 4.69) is 21.4 Å². The van der Waals surface area contributed by atoms with E-state index in [0.717, 1.165) is 13.1 Å². The smallest absolute Gasteiger partial charge is 0.0685 e. The van der Waals surface area contributed by atoms with Crippen molar-refractivity contribution in [1.29, 1.82) is 0 Å². The monoisotopic (exact) mass is 140 g/mol. The maximum absolute atomic E-state index is 3.29. The van der Waals surface area contributed by atoms with Crippen molar-refractivity contribution < 1.29 is 0 Å². The first-order valence-corrected chi connectivity index (χ1v) is 3.95. The number of nitrogens with one attached hydrogen (secondary N) is 2. The van der Waals surface area contributed by atoms with Crippen LogP contribution in [0, 0.1) is 0 Å². The lowest BCUT2D eigenvalue weighted by molar-refractivity contribution is 1.05. The summed E-state index contributed by atoms with van der Waals surface area (Å²) in [7, 11) is 0. The molecule has 1 aliphatic rings. The largest absolute Gasteiger partial charge is 0.381 e. The lowest BCUT2D eigenvalue weighted by Gasteiger charge is -2.15. The Morgan fingerprint density at radius 3 is 2.22 bits per heavy atom. The maximum Gasteiger partial charge on any atom is 0.0685 e. The molecule has 0 saturated carbocycles. The molecule has 1 aromatic rings. The predicted octanol–water partition coefficient (Wildman–Crippen LogP) is 1.59. The third-order valence-corrected chi connectivity index (χ3v) is 2.16. The van der Waals surface area contributed by atoms with Crippen LogP contribution in [0.3, 0.4) is 0 Å². The molecule has 1 aliphatic heterocycles. The van der Waals surface area contributed by atoms with E-state index in [-0.39, 0.29) is 0 Å². The third kappa shape index (κ3) is 0.772. The van der Waals surface area contributed by atoms with Crippen LogP contribution in [0.1, 0.15) is 0 Å². The molecule has 2 N–H and O–H groups in total. The highest BCUT2D eigenvalue weighted by Crippen LogP contribution is 2.27. The van der Waals surface area contributed by atoms with Gasteiger partial charge < -0.3 is 10.6 Å². The van der Waals surface area contributed by atoms with Gasteiger partial charge in [-0.05, 0) is 0 Å². The minimum atomic E-state index is 1.05. The molecule has 0 amide bonds. The van der Waals surface area contributed by atoms with E-state index in [1.807, 2.05) is 0 Å². The maximum atomic E-state index is 3.29. The molecule has 1 aromatic heterocycles. The Balaban J connectivity index is 2.39. The highest BCUT2D eigenvalue weighted by atomic mass is 32.1. The van der Waals surface area contributed by atoms with E-state index in [4.69, 9.17) is 0 Å². The Labute approximate surface area is 57.9 Å². The Hall–Kier alpha value is -0.700. The van der Waals surface area contributed by atoms with Crippen molar-refractivity contribution in [3.63, 3.8) is 0 Å². The Morgan fingerprint density at radius 2 is 1.67 bits per heavy atom. The van der Waals surface area contributed by atoms with E-state index in [0.29, 0.717) is 0 Å². The molecule has 0 saturated heterocycles. The number of rotatable bonds is 0. The van der Waals surface area contributed by atoms with Gasteiger partial charge in [-0.2, -0.15) is 0 Å². The van der Waals surface area contributed by atoms with Crippen LogP contribution < -0.4 is 10.6 Å². The zero-order valence-electron chi connectivity index (χ0n) is 4.98. The first-order chi connectivity index (χ1) is 4.47. The van der Waals surface area contributed by atoms with Gasteiger partial charge in [-0.25, -0.2) is 0 Å². The van der Waals surface area contributed by atoms with Gasteiger partial charge in [0, 0.05) is 23.8 Å². The van der Waals surface area contributed by atoms with Gasteiger partial charge in [0.25, 0.3) is 0 Å². The topological polar surface area (TPSA) is 24.1 Å². The standard InChI is InChI=1S/C6H8N2S/c1-2-8-6-4-9-3-5(6)7-1/h3-4,7-8H,1-2H2. The summed E-state index contributed by atoms with van der Waals surface area (Å²) in [6.45, 7) is 2.09. The quantitative estimate of drug-likeness (QED) is 0.571. The molecule has 2 rings (SSSR count). The van der Waals surface area contributed by atoms with Crippen LogP contribution in [0.4, 0.5) is 11.4 Å². The number of hydrogen-bond donors (Lipinski definition) is 2. The van der Waals surface area contributed by atoms with Gasteiger partial charge in [0.2, 0.25) is 0 Å². The summed E-state index contributed by atoms with van der Waals surface area (Å²) in [5.41, 5.74) is 2.51. The molecule has 2 nitrogen and oxygen atoms in total. The van der Waals surface area contributed by atoms with Crippen LogP contribution in [0.25, 0.3) is 0 Å². The SMILES string of the molecule is c1scc2c1NCCN2. The lowest BCUT2D eigenvalue weighted by atomic mass is 10.3. The van der Waals surface area contributed by atoms with Crippen molar-refractivity contribution in [3.05, 3.63) is 10.8 Å². The van der Waals surface area contributed by atoms with E-state index in [1.165, 1.54) is 11.4 Å². The predicted molar refractivity (Wildman–Crippen MR) is 41.3 cm³/mol. The lowest BCUT2D eigenvalue weighted by Crippen LogP contribution is -2.18. The molecule has 9 heavy (non-hydrogen) atoms. The summed E-state index contributed by atoms with van der Waals surface area (Å²) < 4.78 is 0. The molecule has 48 valence electrons. The highest BCUT2D eigenvalue weighted by molar-refractivity contribution is 7.09. The second-order valence-corrected chi connectivity index (χ2v) is 2.80. The van der Waals surface area contributed by atoms with Crippen LogP contribution in [0.2, 0.25) is 0 Å². The normalized spacial score (nSPS) is 15.6. The minimum Gasteiger partial charge on any atom is -0.381 e. The minimum absolute atomic E-state index is 1.05. The van der Waals surface area contributed by atoms with E-state index < -0.39 is 0 Å². The third-order valence-electron chi connectivity index (χ3n) is 1.42. The molecule has 2 heterocycles.